The van der Waals surface area contributed by atoms with E-state index in [-0.39, 0.29) is 17.4 Å². The van der Waals surface area contributed by atoms with Gasteiger partial charge in [0.05, 0.1) is 17.7 Å². The number of Topliss-reactive ketones (excluding diaryl/α,β-unsaturated/α-hetero) is 1. The molecule has 6 heteroatoms. The molecule has 27 heavy (non-hydrogen) atoms. The van der Waals surface area contributed by atoms with Gasteiger partial charge in [-0.1, -0.05) is 30.3 Å². The molecule has 4 rings (SSSR count). The Morgan fingerprint density at radius 3 is 2.67 bits per heavy atom. The molecule has 0 radical (unpaired) electrons. The average molecular weight is 383 g/mol. The van der Waals surface area contributed by atoms with Crippen LogP contribution in [0.2, 0.25) is 0 Å². The summed E-state index contributed by atoms with van der Waals surface area (Å²) in [7, 11) is 0. The lowest BCUT2D eigenvalue weighted by molar-refractivity contribution is -0.140. The van der Waals surface area contributed by atoms with Gasteiger partial charge in [0.15, 0.2) is 0 Å². The highest BCUT2D eigenvalue weighted by Crippen LogP contribution is 2.42. The van der Waals surface area contributed by atoms with Crippen LogP contribution in [-0.4, -0.2) is 41.0 Å². The summed E-state index contributed by atoms with van der Waals surface area (Å²) in [6.07, 6.45) is 1.77. The lowest BCUT2D eigenvalue weighted by Crippen LogP contribution is -2.36. The van der Waals surface area contributed by atoms with Crippen LogP contribution < -0.4 is 0 Å². The first-order valence-electron chi connectivity index (χ1n) is 9.07. The van der Waals surface area contributed by atoms with Gasteiger partial charge in [-0.05, 0) is 36.8 Å². The van der Waals surface area contributed by atoms with E-state index in [4.69, 9.17) is 4.74 Å². The Kier molecular flexibility index (Phi) is 4.85. The van der Waals surface area contributed by atoms with Crippen molar-refractivity contribution in [1.29, 1.82) is 0 Å². The third kappa shape index (κ3) is 3.19. The number of ether oxygens (including phenoxy) is 1. The number of ketones is 1. The summed E-state index contributed by atoms with van der Waals surface area (Å²) in [5.74, 6) is -1.32. The summed E-state index contributed by atoms with van der Waals surface area (Å²) in [4.78, 5) is 28.2. The molecule has 2 saturated heterocycles. The molecule has 0 aliphatic carbocycles. The van der Waals surface area contributed by atoms with Gasteiger partial charge in [-0.25, -0.2) is 0 Å². The van der Waals surface area contributed by atoms with E-state index in [9.17, 15) is 14.7 Å². The Bertz CT molecular complexity index is 896. The number of amides is 1. The number of likely N-dealkylation sites (tertiary alicyclic amines) is 1. The molecule has 140 valence electrons. The summed E-state index contributed by atoms with van der Waals surface area (Å²) in [6.45, 7) is 3.00. The van der Waals surface area contributed by atoms with Crippen molar-refractivity contribution in [2.45, 2.75) is 31.9 Å². The fraction of sp³-hybridized carbons (Fsp3) is 0.333. The Balaban J connectivity index is 1.82. The number of aryl methyl sites for hydroxylation is 1. The predicted octanol–water partition coefficient (Wildman–Crippen LogP) is 3.66. The zero-order chi connectivity index (χ0) is 19.0. The Morgan fingerprint density at radius 1 is 1.26 bits per heavy atom. The molecule has 1 aromatic heterocycles. The molecule has 2 fully saturated rings. The summed E-state index contributed by atoms with van der Waals surface area (Å²) >= 11 is 1.50. The fourth-order valence-corrected chi connectivity index (χ4v) is 4.81. The lowest BCUT2D eigenvalue weighted by Gasteiger charge is -2.27. The zero-order valence-corrected chi connectivity index (χ0v) is 15.9. The highest BCUT2D eigenvalue weighted by atomic mass is 32.1. The summed E-state index contributed by atoms with van der Waals surface area (Å²) in [5, 5.41) is 12.8. The molecule has 2 aliphatic heterocycles. The summed E-state index contributed by atoms with van der Waals surface area (Å²) < 4.78 is 5.69. The van der Waals surface area contributed by atoms with E-state index in [0.717, 1.165) is 23.3 Å². The van der Waals surface area contributed by atoms with Crippen LogP contribution >= 0.6 is 11.3 Å². The molecule has 2 aliphatic rings. The van der Waals surface area contributed by atoms with Crippen molar-refractivity contribution < 1.29 is 19.4 Å². The van der Waals surface area contributed by atoms with Crippen molar-refractivity contribution in [3.8, 4) is 0 Å². The quantitative estimate of drug-likeness (QED) is 0.497. The van der Waals surface area contributed by atoms with Crippen LogP contribution in [-0.2, 0) is 14.3 Å². The number of hydrogen-bond donors (Lipinski definition) is 1. The van der Waals surface area contributed by atoms with Gasteiger partial charge in [-0.15, -0.1) is 11.3 Å². The van der Waals surface area contributed by atoms with Crippen molar-refractivity contribution in [3.05, 3.63) is 63.4 Å². The molecule has 1 amide bonds. The third-order valence-corrected chi connectivity index (χ3v) is 6.23. The molecule has 3 heterocycles. The van der Waals surface area contributed by atoms with Gasteiger partial charge in [-0.3, -0.25) is 9.59 Å². The topological polar surface area (TPSA) is 66.8 Å². The molecule has 2 unspecified atom stereocenters. The number of carbonyl (C=O) groups is 2. The molecule has 5 nitrogen and oxygen atoms in total. The van der Waals surface area contributed by atoms with E-state index >= 15 is 0 Å². The number of nitrogens with zero attached hydrogens (tertiary/aromatic N) is 1. The molecule has 1 aromatic carbocycles. The number of thiophene rings is 1. The minimum atomic E-state index is -0.632. The Labute approximate surface area is 161 Å². The van der Waals surface area contributed by atoms with E-state index in [1.807, 2.05) is 24.4 Å². The van der Waals surface area contributed by atoms with Crippen molar-refractivity contribution in [1.82, 2.24) is 4.90 Å². The minimum Gasteiger partial charge on any atom is -0.507 e. The van der Waals surface area contributed by atoms with Gasteiger partial charge >= 0.3 is 0 Å². The van der Waals surface area contributed by atoms with Crippen molar-refractivity contribution in [2.24, 2.45) is 0 Å². The van der Waals surface area contributed by atoms with Crippen molar-refractivity contribution in [3.63, 3.8) is 0 Å². The Morgan fingerprint density at radius 2 is 2.04 bits per heavy atom. The van der Waals surface area contributed by atoms with Gasteiger partial charge in [-0.2, -0.15) is 0 Å². The first kappa shape index (κ1) is 17.9. The zero-order valence-electron chi connectivity index (χ0n) is 15.1. The lowest BCUT2D eigenvalue weighted by atomic mass is 9.98. The van der Waals surface area contributed by atoms with Gasteiger partial charge < -0.3 is 14.7 Å². The van der Waals surface area contributed by atoms with Gasteiger partial charge in [0.1, 0.15) is 5.76 Å². The highest BCUT2D eigenvalue weighted by molar-refractivity contribution is 7.10. The number of carbonyl (C=O) groups excluding carboxylic acids is 2. The average Bonchev–Trinajstić information content (AvgIpc) is 3.39. The molecular formula is C21H21NO4S. The molecular weight excluding hydrogens is 362 g/mol. The number of aliphatic hydroxyl groups excluding tert-OH is 1. The minimum absolute atomic E-state index is 0.0669. The predicted molar refractivity (Wildman–Crippen MR) is 103 cm³/mol. The van der Waals surface area contributed by atoms with E-state index in [1.165, 1.54) is 11.3 Å². The maximum Gasteiger partial charge on any atom is 0.295 e. The van der Waals surface area contributed by atoms with E-state index in [2.05, 4.69) is 0 Å². The molecule has 0 bridgehead atoms. The van der Waals surface area contributed by atoms with Crippen LogP contribution in [0, 0.1) is 6.92 Å². The molecule has 2 aromatic rings. The second kappa shape index (κ2) is 7.29. The van der Waals surface area contributed by atoms with Crippen molar-refractivity contribution >= 4 is 28.8 Å². The molecule has 1 N–H and O–H groups in total. The maximum absolute atomic E-state index is 12.9. The van der Waals surface area contributed by atoms with Crippen molar-refractivity contribution in [2.75, 3.05) is 13.2 Å². The summed E-state index contributed by atoms with van der Waals surface area (Å²) in [5.41, 5.74) is 1.70. The first-order valence-corrected chi connectivity index (χ1v) is 9.95. The van der Waals surface area contributed by atoms with Crippen LogP contribution in [0.3, 0.4) is 0 Å². The SMILES string of the molecule is Cc1ccsc1C1/C(=C(/O)c2ccccc2)C(=O)C(=O)N1CC1CCCO1. The van der Waals surface area contributed by atoms with E-state index < -0.39 is 17.7 Å². The second-order valence-electron chi connectivity index (χ2n) is 6.92. The maximum atomic E-state index is 12.9. The Hall–Kier alpha value is -2.44. The summed E-state index contributed by atoms with van der Waals surface area (Å²) in [6, 6.07) is 10.3. The van der Waals surface area contributed by atoms with Gasteiger partial charge in [0.25, 0.3) is 11.7 Å². The van der Waals surface area contributed by atoms with Crippen LogP contribution in [0.4, 0.5) is 0 Å². The monoisotopic (exact) mass is 383 g/mol. The van der Waals surface area contributed by atoms with Crippen LogP contribution in [0.1, 0.15) is 34.9 Å². The fourth-order valence-electron chi connectivity index (χ4n) is 3.76. The standard InChI is InChI=1S/C21H21NO4S/c1-13-9-11-27-20(13)17-16(18(23)14-6-3-2-4-7-14)19(24)21(25)22(17)12-15-8-5-10-26-15/h2-4,6-7,9,11,15,17,23H,5,8,10,12H2,1H3/b18-16-. The molecule has 0 saturated carbocycles. The van der Waals surface area contributed by atoms with Gasteiger partial charge in [0, 0.05) is 23.6 Å². The number of benzene rings is 1. The molecule has 0 spiro atoms. The normalized spacial score (nSPS) is 24.7. The van der Waals surface area contributed by atoms with Gasteiger partial charge in [0.2, 0.25) is 0 Å². The van der Waals surface area contributed by atoms with E-state index in [1.54, 1.807) is 29.2 Å². The number of rotatable bonds is 4. The first-order chi connectivity index (χ1) is 13.1. The second-order valence-corrected chi connectivity index (χ2v) is 7.87. The highest BCUT2D eigenvalue weighted by Gasteiger charge is 2.47. The third-order valence-electron chi connectivity index (χ3n) is 5.16. The largest absolute Gasteiger partial charge is 0.507 e. The number of hydrogen-bond acceptors (Lipinski definition) is 5. The van der Waals surface area contributed by atoms with Crippen LogP contribution in [0.5, 0.6) is 0 Å². The smallest absolute Gasteiger partial charge is 0.295 e. The number of aliphatic hydroxyl groups is 1. The molecule has 2 atom stereocenters. The van der Waals surface area contributed by atoms with E-state index in [0.29, 0.717) is 18.7 Å². The van der Waals surface area contributed by atoms with Crippen LogP contribution in [0.15, 0.2) is 47.4 Å². The van der Waals surface area contributed by atoms with Crippen LogP contribution in [0.25, 0.3) is 5.76 Å².